The van der Waals surface area contributed by atoms with E-state index < -0.39 is 23.3 Å². The van der Waals surface area contributed by atoms with Gasteiger partial charge >= 0.3 is 0 Å². The van der Waals surface area contributed by atoms with Gasteiger partial charge in [-0.2, -0.15) is 0 Å². The molecule has 0 aliphatic carbocycles. The van der Waals surface area contributed by atoms with E-state index in [4.69, 9.17) is 11.6 Å². The van der Waals surface area contributed by atoms with E-state index in [-0.39, 0.29) is 36.1 Å². The van der Waals surface area contributed by atoms with Crippen molar-refractivity contribution in [3.05, 3.63) is 64.4 Å². The lowest BCUT2D eigenvalue weighted by Crippen LogP contribution is -2.53. The Bertz CT molecular complexity index is 1120. The van der Waals surface area contributed by atoms with Gasteiger partial charge < -0.3 is 5.32 Å². The number of nitrogens with one attached hydrogen (secondary N) is 2. The standard InChI is InChI=1S/C23H21ClFN3O3/c1-11(2)19-17-18(21(30)28(20(17)29)10-12-3-6-14(25)7-4-12)23(27-19)15-9-13(24)5-8-16(15)26-22(23)31/h3-9,11,17-19,27H,10H2,1-2H3,(H,26,31)/t17-,18+,19-,23+/m0/s1. The average molecular weight is 442 g/mol. The maximum absolute atomic E-state index is 13.6. The van der Waals surface area contributed by atoms with E-state index in [1.807, 2.05) is 13.8 Å². The summed E-state index contributed by atoms with van der Waals surface area (Å²) in [4.78, 5) is 41.6. The van der Waals surface area contributed by atoms with Crippen LogP contribution in [0.25, 0.3) is 0 Å². The monoisotopic (exact) mass is 441 g/mol. The maximum atomic E-state index is 13.6. The molecule has 2 saturated heterocycles. The number of carbonyl (C=O) groups is 3. The van der Waals surface area contributed by atoms with Crippen LogP contribution in [0, 0.1) is 23.6 Å². The maximum Gasteiger partial charge on any atom is 0.250 e. The predicted molar refractivity (Wildman–Crippen MR) is 112 cm³/mol. The van der Waals surface area contributed by atoms with Crippen molar-refractivity contribution in [2.75, 3.05) is 5.32 Å². The minimum absolute atomic E-state index is 0.00503. The fourth-order valence-electron chi connectivity index (χ4n) is 5.27. The van der Waals surface area contributed by atoms with Crippen molar-refractivity contribution in [1.29, 1.82) is 0 Å². The van der Waals surface area contributed by atoms with E-state index in [0.29, 0.717) is 21.8 Å². The second-order valence-electron chi connectivity index (χ2n) is 8.76. The van der Waals surface area contributed by atoms with E-state index in [0.717, 1.165) is 0 Å². The molecule has 2 aromatic carbocycles. The zero-order valence-corrected chi connectivity index (χ0v) is 17.7. The Hall–Kier alpha value is -2.77. The first-order valence-electron chi connectivity index (χ1n) is 10.2. The van der Waals surface area contributed by atoms with Crippen LogP contribution in [0.3, 0.4) is 0 Å². The van der Waals surface area contributed by atoms with Gasteiger partial charge in [-0.3, -0.25) is 24.6 Å². The molecular formula is C23H21ClFN3O3. The topological polar surface area (TPSA) is 78.5 Å². The lowest BCUT2D eigenvalue weighted by atomic mass is 9.76. The normalized spacial score (nSPS) is 29.1. The van der Waals surface area contributed by atoms with Gasteiger partial charge in [0.25, 0.3) is 0 Å². The number of amides is 3. The second kappa shape index (κ2) is 6.87. The summed E-state index contributed by atoms with van der Waals surface area (Å²) in [5, 5.41) is 6.66. The van der Waals surface area contributed by atoms with E-state index in [1.54, 1.807) is 30.3 Å². The van der Waals surface area contributed by atoms with Crippen LogP contribution in [0.4, 0.5) is 10.1 Å². The van der Waals surface area contributed by atoms with Crippen LogP contribution in [-0.4, -0.2) is 28.7 Å². The lowest BCUT2D eigenvalue weighted by Gasteiger charge is -2.30. The van der Waals surface area contributed by atoms with Gasteiger partial charge in [-0.1, -0.05) is 37.6 Å². The molecule has 0 saturated carbocycles. The fourth-order valence-corrected chi connectivity index (χ4v) is 5.44. The summed E-state index contributed by atoms with van der Waals surface area (Å²) < 4.78 is 13.3. The predicted octanol–water partition coefficient (Wildman–Crippen LogP) is 3.06. The van der Waals surface area contributed by atoms with Crippen LogP contribution in [0.15, 0.2) is 42.5 Å². The van der Waals surface area contributed by atoms with Crippen LogP contribution in [-0.2, 0) is 26.5 Å². The van der Waals surface area contributed by atoms with Crippen molar-refractivity contribution in [2.45, 2.75) is 32.0 Å². The first-order chi connectivity index (χ1) is 14.7. The van der Waals surface area contributed by atoms with Crippen molar-refractivity contribution in [1.82, 2.24) is 10.2 Å². The molecule has 31 heavy (non-hydrogen) atoms. The number of imide groups is 1. The Labute approximate surface area is 183 Å². The summed E-state index contributed by atoms with van der Waals surface area (Å²) in [5.41, 5.74) is 0.463. The highest BCUT2D eigenvalue weighted by atomic mass is 35.5. The summed E-state index contributed by atoms with van der Waals surface area (Å²) in [6.45, 7) is 3.95. The molecule has 2 fully saturated rings. The minimum atomic E-state index is -1.36. The Morgan fingerprint density at radius 3 is 2.48 bits per heavy atom. The second-order valence-corrected chi connectivity index (χ2v) is 9.20. The minimum Gasteiger partial charge on any atom is -0.324 e. The number of benzene rings is 2. The highest BCUT2D eigenvalue weighted by Crippen LogP contribution is 2.54. The van der Waals surface area contributed by atoms with Gasteiger partial charge in [-0.25, -0.2) is 4.39 Å². The molecule has 3 aliphatic heterocycles. The highest BCUT2D eigenvalue weighted by Gasteiger charge is 2.70. The Morgan fingerprint density at radius 1 is 1.10 bits per heavy atom. The first kappa shape index (κ1) is 20.2. The van der Waals surface area contributed by atoms with Crippen LogP contribution >= 0.6 is 11.6 Å². The summed E-state index contributed by atoms with van der Waals surface area (Å²) in [6.07, 6.45) is 0. The Balaban J connectivity index is 1.61. The zero-order valence-electron chi connectivity index (χ0n) is 17.0. The molecule has 2 aromatic rings. The molecule has 3 aliphatic rings. The Morgan fingerprint density at radius 2 is 1.81 bits per heavy atom. The number of halogens is 2. The molecule has 1 spiro atoms. The van der Waals surface area contributed by atoms with Crippen molar-refractivity contribution < 1.29 is 18.8 Å². The highest BCUT2D eigenvalue weighted by molar-refractivity contribution is 6.31. The van der Waals surface area contributed by atoms with Gasteiger partial charge in [-0.15, -0.1) is 0 Å². The molecular weight excluding hydrogens is 421 g/mol. The van der Waals surface area contributed by atoms with Gasteiger partial charge in [0, 0.05) is 22.3 Å². The van der Waals surface area contributed by atoms with Crippen LogP contribution in [0.5, 0.6) is 0 Å². The van der Waals surface area contributed by atoms with Gasteiger partial charge in [-0.05, 0) is 41.8 Å². The largest absolute Gasteiger partial charge is 0.324 e. The smallest absolute Gasteiger partial charge is 0.250 e. The zero-order chi connectivity index (χ0) is 22.1. The number of anilines is 1. The number of carbonyl (C=O) groups excluding carboxylic acids is 3. The van der Waals surface area contributed by atoms with Gasteiger partial charge in [0.05, 0.1) is 18.4 Å². The van der Waals surface area contributed by atoms with E-state index >= 15 is 0 Å². The molecule has 3 heterocycles. The summed E-state index contributed by atoms with van der Waals surface area (Å²) in [5.74, 6) is -3.02. The van der Waals surface area contributed by atoms with Crippen molar-refractivity contribution in [3.63, 3.8) is 0 Å². The summed E-state index contributed by atoms with van der Waals surface area (Å²) in [7, 11) is 0. The molecule has 3 amide bonds. The van der Waals surface area contributed by atoms with Gasteiger partial charge in [0.2, 0.25) is 17.7 Å². The van der Waals surface area contributed by atoms with Crippen LogP contribution in [0.2, 0.25) is 5.02 Å². The quantitative estimate of drug-likeness (QED) is 0.717. The molecule has 0 bridgehead atoms. The first-order valence-corrected chi connectivity index (χ1v) is 10.6. The molecule has 0 unspecified atom stereocenters. The number of hydrogen-bond donors (Lipinski definition) is 2. The average Bonchev–Trinajstić information content (AvgIpc) is 3.31. The van der Waals surface area contributed by atoms with E-state index in [9.17, 15) is 18.8 Å². The summed E-state index contributed by atoms with van der Waals surface area (Å²) >= 11 is 6.23. The SMILES string of the molecule is CC(C)[C@@H]1N[C@@]2(C(=O)Nc3ccc(Cl)cc32)[C@H]2C(=O)N(Cc3ccc(F)cc3)C(=O)[C@H]12. The third-order valence-electron chi connectivity index (χ3n) is 6.68. The van der Waals surface area contributed by atoms with Gasteiger partial charge in [0.15, 0.2) is 0 Å². The van der Waals surface area contributed by atoms with Crippen molar-refractivity contribution >= 4 is 35.0 Å². The lowest BCUT2D eigenvalue weighted by molar-refractivity contribution is -0.143. The van der Waals surface area contributed by atoms with Gasteiger partial charge in [0.1, 0.15) is 11.4 Å². The third kappa shape index (κ3) is 2.76. The molecule has 4 atom stereocenters. The van der Waals surface area contributed by atoms with E-state index in [1.165, 1.54) is 17.0 Å². The van der Waals surface area contributed by atoms with Crippen LogP contribution in [0.1, 0.15) is 25.0 Å². The number of likely N-dealkylation sites (tertiary alicyclic amines) is 1. The third-order valence-corrected chi connectivity index (χ3v) is 6.91. The Kier molecular flexibility index (Phi) is 4.46. The molecule has 2 N–H and O–H groups in total. The molecule has 5 rings (SSSR count). The fraction of sp³-hybridized carbons (Fsp3) is 0.348. The van der Waals surface area contributed by atoms with Crippen LogP contribution < -0.4 is 10.6 Å². The van der Waals surface area contributed by atoms with E-state index in [2.05, 4.69) is 10.6 Å². The number of fused-ring (bicyclic) bond motifs is 4. The number of rotatable bonds is 3. The molecule has 0 aromatic heterocycles. The number of hydrogen-bond acceptors (Lipinski definition) is 4. The molecule has 8 heteroatoms. The molecule has 6 nitrogen and oxygen atoms in total. The van der Waals surface area contributed by atoms with Crippen molar-refractivity contribution in [2.24, 2.45) is 17.8 Å². The van der Waals surface area contributed by atoms with Crippen molar-refractivity contribution in [3.8, 4) is 0 Å². The molecule has 0 radical (unpaired) electrons. The number of nitrogens with zero attached hydrogens (tertiary/aromatic N) is 1. The summed E-state index contributed by atoms with van der Waals surface area (Å²) in [6, 6.07) is 10.4. The molecule has 160 valence electrons.